The average molecular weight is 304 g/mol. The highest BCUT2D eigenvalue weighted by Gasteiger charge is 2.40. The number of carbonyl (C=O) groups excluding carboxylic acids is 1. The van der Waals surface area contributed by atoms with Crippen LogP contribution in [0, 0.1) is 0 Å². The number of ether oxygens (including phenoxy) is 1. The summed E-state index contributed by atoms with van der Waals surface area (Å²) in [4.78, 5) is 14.0. The molecule has 9 heteroatoms. The number of pyridine rings is 1. The van der Waals surface area contributed by atoms with E-state index in [2.05, 4.69) is 9.72 Å². The van der Waals surface area contributed by atoms with Gasteiger partial charge in [-0.05, 0) is 5.56 Å². The molecule has 1 rings (SSSR count). The van der Waals surface area contributed by atoms with Gasteiger partial charge in [0, 0.05) is 6.20 Å². The lowest BCUT2D eigenvalue weighted by atomic mass is 10.0. The Kier molecular flexibility index (Phi) is 4.67. The van der Waals surface area contributed by atoms with Crippen LogP contribution in [-0.2, 0) is 22.1 Å². The SMILES string of the molecule is COC(=O)Cc1c(Cl)cnc(C(F)F)c1C(F)(F)F. The largest absolute Gasteiger partial charge is 0.469 e. The quantitative estimate of drug-likeness (QED) is 0.634. The van der Waals surface area contributed by atoms with E-state index in [9.17, 15) is 26.7 Å². The number of hydrogen-bond acceptors (Lipinski definition) is 3. The van der Waals surface area contributed by atoms with E-state index < -0.39 is 46.8 Å². The van der Waals surface area contributed by atoms with Gasteiger partial charge in [-0.1, -0.05) is 11.6 Å². The summed E-state index contributed by atoms with van der Waals surface area (Å²) in [7, 11) is 0.957. The van der Waals surface area contributed by atoms with Crippen molar-refractivity contribution in [2.24, 2.45) is 0 Å². The molecule has 0 radical (unpaired) electrons. The second-order valence-corrected chi connectivity index (χ2v) is 3.80. The summed E-state index contributed by atoms with van der Waals surface area (Å²) in [6.45, 7) is 0. The van der Waals surface area contributed by atoms with Gasteiger partial charge in [-0.15, -0.1) is 0 Å². The topological polar surface area (TPSA) is 39.2 Å². The number of methoxy groups -OCH3 is 1. The molecule has 3 nitrogen and oxygen atoms in total. The first-order chi connectivity index (χ1) is 8.68. The van der Waals surface area contributed by atoms with E-state index in [1.807, 2.05) is 0 Å². The number of hydrogen-bond donors (Lipinski definition) is 0. The van der Waals surface area contributed by atoms with E-state index in [1.54, 1.807) is 0 Å². The maximum Gasteiger partial charge on any atom is 0.418 e. The van der Waals surface area contributed by atoms with Crippen molar-refractivity contribution in [3.63, 3.8) is 0 Å². The van der Waals surface area contributed by atoms with Gasteiger partial charge in [-0.25, -0.2) is 8.78 Å². The molecule has 0 bridgehead atoms. The third-order valence-corrected chi connectivity index (χ3v) is 2.53. The van der Waals surface area contributed by atoms with Crippen molar-refractivity contribution in [1.29, 1.82) is 0 Å². The zero-order valence-corrected chi connectivity index (χ0v) is 10.1. The van der Waals surface area contributed by atoms with Crippen LogP contribution in [0.25, 0.3) is 0 Å². The molecule has 19 heavy (non-hydrogen) atoms. The van der Waals surface area contributed by atoms with Crippen LogP contribution < -0.4 is 0 Å². The van der Waals surface area contributed by atoms with Crippen molar-refractivity contribution in [1.82, 2.24) is 4.98 Å². The van der Waals surface area contributed by atoms with E-state index >= 15 is 0 Å². The number of nitrogens with zero attached hydrogens (tertiary/aromatic N) is 1. The fourth-order valence-corrected chi connectivity index (χ4v) is 1.62. The van der Waals surface area contributed by atoms with Crippen LogP contribution in [0.2, 0.25) is 5.02 Å². The monoisotopic (exact) mass is 303 g/mol. The number of alkyl halides is 5. The zero-order valence-electron chi connectivity index (χ0n) is 9.39. The number of aromatic nitrogens is 1. The fraction of sp³-hybridized carbons (Fsp3) is 0.400. The number of rotatable bonds is 3. The van der Waals surface area contributed by atoms with Crippen molar-refractivity contribution in [3.8, 4) is 0 Å². The minimum Gasteiger partial charge on any atom is -0.469 e. The van der Waals surface area contributed by atoms with Gasteiger partial charge in [-0.2, -0.15) is 13.2 Å². The fourth-order valence-electron chi connectivity index (χ4n) is 1.41. The Morgan fingerprint density at radius 2 is 2.05 bits per heavy atom. The average Bonchev–Trinajstić information content (AvgIpc) is 2.29. The second kappa shape index (κ2) is 5.68. The summed E-state index contributed by atoms with van der Waals surface area (Å²) in [5.74, 6) is -1.03. The van der Waals surface area contributed by atoms with Crippen molar-refractivity contribution < 1.29 is 31.5 Å². The molecule has 1 aromatic rings. The summed E-state index contributed by atoms with van der Waals surface area (Å²) < 4.78 is 67.8. The molecule has 0 unspecified atom stereocenters. The summed E-state index contributed by atoms with van der Waals surface area (Å²) >= 11 is 5.50. The van der Waals surface area contributed by atoms with Gasteiger partial charge in [0.2, 0.25) is 0 Å². The lowest BCUT2D eigenvalue weighted by Gasteiger charge is -2.16. The normalized spacial score (nSPS) is 11.8. The first kappa shape index (κ1) is 15.6. The van der Waals surface area contributed by atoms with Crippen molar-refractivity contribution in [2.75, 3.05) is 7.11 Å². The molecule has 0 aliphatic heterocycles. The Balaban J connectivity index is 3.49. The minimum atomic E-state index is -5.10. The van der Waals surface area contributed by atoms with Gasteiger partial charge in [0.1, 0.15) is 5.69 Å². The van der Waals surface area contributed by atoms with E-state index in [1.165, 1.54) is 0 Å². The predicted octanol–water partition coefficient (Wildman–Crippen LogP) is 3.41. The van der Waals surface area contributed by atoms with Crippen LogP contribution in [-0.4, -0.2) is 18.1 Å². The van der Waals surface area contributed by atoms with Crippen LogP contribution in [0.3, 0.4) is 0 Å². The van der Waals surface area contributed by atoms with Gasteiger partial charge >= 0.3 is 12.1 Å². The molecule has 0 fully saturated rings. The van der Waals surface area contributed by atoms with E-state index in [4.69, 9.17) is 11.6 Å². The molecule has 0 atom stereocenters. The van der Waals surface area contributed by atoms with E-state index in [0.717, 1.165) is 7.11 Å². The molecule has 0 aliphatic rings. The van der Waals surface area contributed by atoms with E-state index in [0.29, 0.717) is 6.20 Å². The highest BCUT2D eigenvalue weighted by atomic mass is 35.5. The minimum absolute atomic E-state index is 0.526. The number of esters is 1. The van der Waals surface area contributed by atoms with Gasteiger partial charge in [0.25, 0.3) is 6.43 Å². The molecule has 0 saturated carbocycles. The first-order valence-electron chi connectivity index (χ1n) is 4.78. The van der Waals surface area contributed by atoms with Gasteiger partial charge in [0.15, 0.2) is 0 Å². The molecule has 0 spiro atoms. The molecule has 0 saturated heterocycles. The van der Waals surface area contributed by atoms with Gasteiger partial charge in [-0.3, -0.25) is 9.78 Å². The molecule has 0 amide bonds. The maximum absolute atomic E-state index is 12.8. The van der Waals surface area contributed by atoms with Crippen LogP contribution in [0.5, 0.6) is 0 Å². The Hall–Kier alpha value is -1.44. The molecule has 0 aliphatic carbocycles. The third kappa shape index (κ3) is 3.52. The van der Waals surface area contributed by atoms with Crippen LogP contribution in [0.1, 0.15) is 23.2 Å². The molecular weight excluding hydrogens is 297 g/mol. The Labute approximate surface area is 109 Å². The van der Waals surface area contributed by atoms with Crippen LogP contribution in [0.15, 0.2) is 6.20 Å². The Morgan fingerprint density at radius 1 is 1.47 bits per heavy atom. The molecular formula is C10H7ClF5NO2. The first-order valence-corrected chi connectivity index (χ1v) is 5.15. The number of carbonyl (C=O) groups is 1. The van der Waals surface area contributed by atoms with Crippen LogP contribution >= 0.6 is 11.6 Å². The summed E-state index contributed by atoms with van der Waals surface area (Å²) in [5.41, 5.74) is -3.93. The molecule has 106 valence electrons. The summed E-state index contributed by atoms with van der Waals surface area (Å²) in [6.07, 6.45) is -8.76. The van der Waals surface area contributed by atoms with Crippen molar-refractivity contribution in [3.05, 3.63) is 28.0 Å². The third-order valence-electron chi connectivity index (χ3n) is 2.20. The predicted molar refractivity (Wildman–Crippen MR) is 54.9 cm³/mol. The maximum atomic E-state index is 12.8. The highest BCUT2D eigenvalue weighted by molar-refractivity contribution is 6.31. The summed E-state index contributed by atoms with van der Waals surface area (Å²) in [6, 6.07) is 0. The van der Waals surface area contributed by atoms with E-state index in [-0.39, 0.29) is 0 Å². The van der Waals surface area contributed by atoms with Gasteiger partial charge in [0.05, 0.1) is 24.1 Å². The molecule has 0 N–H and O–H groups in total. The Bertz CT molecular complexity index is 490. The van der Waals surface area contributed by atoms with Crippen molar-refractivity contribution in [2.45, 2.75) is 19.0 Å². The van der Waals surface area contributed by atoms with Crippen LogP contribution in [0.4, 0.5) is 22.0 Å². The smallest absolute Gasteiger partial charge is 0.418 e. The lowest BCUT2D eigenvalue weighted by molar-refractivity contribution is -0.142. The molecule has 1 aromatic heterocycles. The van der Waals surface area contributed by atoms with Crippen molar-refractivity contribution >= 4 is 17.6 Å². The zero-order chi connectivity index (χ0) is 14.8. The summed E-state index contributed by atoms with van der Waals surface area (Å²) in [5, 5.41) is -0.526. The van der Waals surface area contributed by atoms with Gasteiger partial charge < -0.3 is 4.74 Å². The Morgan fingerprint density at radius 3 is 2.47 bits per heavy atom. The highest BCUT2D eigenvalue weighted by Crippen LogP contribution is 2.40. The molecule has 0 aromatic carbocycles. The molecule has 1 heterocycles. The number of halogens is 6. The second-order valence-electron chi connectivity index (χ2n) is 3.40. The lowest BCUT2D eigenvalue weighted by Crippen LogP contribution is -2.18. The standard InChI is InChI=1S/C10H7ClF5NO2/c1-19-6(18)2-4-5(11)3-17-8(9(12)13)7(4)10(14,15)16/h3,9H,2H2,1H3.